The molecule has 4 heteroatoms. The summed E-state index contributed by atoms with van der Waals surface area (Å²) in [5.41, 5.74) is 0.903. The number of nitrogens with zero attached hydrogens (tertiary/aromatic N) is 3. The molecule has 16 heavy (non-hydrogen) atoms. The molecule has 2 fully saturated rings. The molecule has 1 amide bonds. The van der Waals surface area contributed by atoms with Gasteiger partial charge in [-0.3, -0.25) is 9.78 Å². The van der Waals surface area contributed by atoms with Gasteiger partial charge in [0.2, 0.25) is 0 Å². The average molecular weight is 217 g/mol. The molecule has 1 aliphatic carbocycles. The van der Waals surface area contributed by atoms with Gasteiger partial charge in [0.1, 0.15) is 5.69 Å². The first-order valence-corrected chi connectivity index (χ1v) is 5.66. The normalized spacial score (nSPS) is 30.0. The molecular weight excluding hydrogens is 202 g/mol. The molecule has 84 valence electrons. The predicted molar refractivity (Wildman–Crippen MR) is 58.7 cm³/mol. The second-order valence-corrected chi connectivity index (χ2v) is 5.34. The molecule has 2 unspecified atom stereocenters. The van der Waals surface area contributed by atoms with E-state index in [-0.39, 0.29) is 5.91 Å². The molecule has 0 bridgehead atoms. The minimum atomic E-state index is 0.0242. The van der Waals surface area contributed by atoms with Gasteiger partial charge in [-0.15, -0.1) is 0 Å². The van der Waals surface area contributed by atoms with Gasteiger partial charge in [0.25, 0.3) is 5.91 Å². The molecule has 2 aliphatic rings. The van der Waals surface area contributed by atoms with Crippen LogP contribution in [0, 0.1) is 17.3 Å². The van der Waals surface area contributed by atoms with Crippen molar-refractivity contribution in [2.45, 2.75) is 13.8 Å². The number of piperidine rings is 1. The van der Waals surface area contributed by atoms with Crippen molar-refractivity contribution in [2.24, 2.45) is 17.3 Å². The fourth-order valence-electron chi connectivity index (χ4n) is 2.87. The molecule has 1 saturated heterocycles. The number of hydrogen-bond donors (Lipinski definition) is 0. The maximum absolute atomic E-state index is 12.0. The summed E-state index contributed by atoms with van der Waals surface area (Å²) in [6.07, 6.45) is 4.69. The summed E-state index contributed by atoms with van der Waals surface area (Å²) in [5, 5.41) is 0. The quantitative estimate of drug-likeness (QED) is 0.710. The SMILES string of the molecule is CC1(C)C2CN(C(=O)c3cnccn3)CC21. The standard InChI is InChI=1S/C12H15N3O/c1-12(2)8-6-15(7-9(8)12)11(16)10-5-13-3-4-14-10/h3-5,8-9H,6-7H2,1-2H3. The van der Waals surface area contributed by atoms with Crippen molar-refractivity contribution in [2.75, 3.05) is 13.1 Å². The Morgan fingerprint density at radius 1 is 1.38 bits per heavy atom. The summed E-state index contributed by atoms with van der Waals surface area (Å²) in [7, 11) is 0. The molecule has 0 radical (unpaired) electrons. The maximum Gasteiger partial charge on any atom is 0.274 e. The fourth-order valence-corrected chi connectivity index (χ4v) is 2.87. The molecule has 1 aliphatic heterocycles. The van der Waals surface area contributed by atoms with Crippen LogP contribution in [0.15, 0.2) is 18.6 Å². The third-order valence-electron chi connectivity index (χ3n) is 4.19. The zero-order chi connectivity index (χ0) is 11.3. The summed E-state index contributed by atoms with van der Waals surface area (Å²) in [4.78, 5) is 21.9. The van der Waals surface area contributed by atoms with Crippen LogP contribution in [0.5, 0.6) is 0 Å². The highest BCUT2D eigenvalue weighted by Gasteiger charge is 2.62. The highest BCUT2D eigenvalue weighted by Crippen LogP contribution is 2.61. The van der Waals surface area contributed by atoms with Crippen LogP contribution in [-0.4, -0.2) is 33.9 Å². The Morgan fingerprint density at radius 3 is 2.62 bits per heavy atom. The van der Waals surface area contributed by atoms with Crippen molar-refractivity contribution in [3.63, 3.8) is 0 Å². The zero-order valence-corrected chi connectivity index (χ0v) is 9.55. The Hall–Kier alpha value is -1.45. The van der Waals surface area contributed by atoms with Crippen LogP contribution in [0.1, 0.15) is 24.3 Å². The van der Waals surface area contributed by atoms with Crippen LogP contribution in [0.4, 0.5) is 0 Å². The van der Waals surface area contributed by atoms with Crippen LogP contribution in [-0.2, 0) is 0 Å². The second kappa shape index (κ2) is 3.03. The van der Waals surface area contributed by atoms with Crippen molar-refractivity contribution in [1.29, 1.82) is 0 Å². The van der Waals surface area contributed by atoms with E-state index in [2.05, 4.69) is 23.8 Å². The Kier molecular flexibility index (Phi) is 1.85. The summed E-state index contributed by atoms with van der Waals surface area (Å²) >= 11 is 0. The van der Waals surface area contributed by atoms with E-state index in [0.29, 0.717) is 22.9 Å². The zero-order valence-electron chi connectivity index (χ0n) is 9.55. The van der Waals surface area contributed by atoms with Crippen molar-refractivity contribution in [1.82, 2.24) is 14.9 Å². The van der Waals surface area contributed by atoms with Crippen molar-refractivity contribution in [3.8, 4) is 0 Å². The molecule has 1 aromatic heterocycles. The molecule has 0 aromatic carbocycles. The van der Waals surface area contributed by atoms with Crippen LogP contribution < -0.4 is 0 Å². The lowest BCUT2D eigenvalue weighted by Gasteiger charge is -2.21. The molecule has 1 saturated carbocycles. The van der Waals surface area contributed by atoms with Gasteiger partial charge in [-0.2, -0.15) is 0 Å². The fraction of sp³-hybridized carbons (Fsp3) is 0.583. The number of hydrogen-bond acceptors (Lipinski definition) is 3. The van der Waals surface area contributed by atoms with E-state index < -0.39 is 0 Å². The predicted octanol–water partition coefficient (Wildman–Crippen LogP) is 1.20. The van der Waals surface area contributed by atoms with Crippen molar-refractivity contribution < 1.29 is 4.79 Å². The van der Waals surface area contributed by atoms with Crippen LogP contribution in [0.2, 0.25) is 0 Å². The van der Waals surface area contributed by atoms with Crippen molar-refractivity contribution >= 4 is 5.91 Å². The third-order valence-corrected chi connectivity index (χ3v) is 4.19. The van der Waals surface area contributed by atoms with E-state index in [9.17, 15) is 4.79 Å². The van der Waals surface area contributed by atoms with Gasteiger partial charge in [0, 0.05) is 25.5 Å². The van der Waals surface area contributed by atoms with Gasteiger partial charge in [-0.1, -0.05) is 13.8 Å². The molecule has 3 rings (SSSR count). The molecular formula is C12H15N3O. The smallest absolute Gasteiger partial charge is 0.274 e. The van der Waals surface area contributed by atoms with E-state index in [4.69, 9.17) is 0 Å². The summed E-state index contributed by atoms with van der Waals surface area (Å²) in [6, 6.07) is 0. The monoisotopic (exact) mass is 217 g/mol. The second-order valence-electron chi connectivity index (χ2n) is 5.34. The van der Waals surface area contributed by atoms with Gasteiger partial charge in [-0.05, 0) is 17.3 Å². The molecule has 2 heterocycles. The van der Waals surface area contributed by atoms with Gasteiger partial charge < -0.3 is 4.90 Å². The largest absolute Gasteiger partial charge is 0.337 e. The number of carbonyl (C=O) groups excluding carboxylic acids is 1. The molecule has 2 atom stereocenters. The third kappa shape index (κ3) is 1.25. The summed E-state index contributed by atoms with van der Waals surface area (Å²) < 4.78 is 0. The minimum Gasteiger partial charge on any atom is -0.337 e. The van der Waals surface area contributed by atoms with E-state index in [1.54, 1.807) is 12.4 Å². The lowest BCUT2D eigenvalue weighted by atomic mass is 10.1. The molecule has 0 spiro atoms. The number of carbonyl (C=O) groups is 1. The average Bonchev–Trinajstić information content (AvgIpc) is 2.72. The Labute approximate surface area is 94.7 Å². The van der Waals surface area contributed by atoms with Crippen LogP contribution >= 0.6 is 0 Å². The van der Waals surface area contributed by atoms with Gasteiger partial charge in [0.05, 0.1) is 6.20 Å². The Balaban J connectivity index is 1.72. The number of likely N-dealkylation sites (tertiary alicyclic amines) is 1. The van der Waals surface area contributed by atoms with Crippen LogP contribution in [0.3, 0.4) is 0 Å². The summed E-state index contributed by atoms with van der Waals surface area (Å²) in [5.74, 6) is 1.40. The number of fused-ring (bicyclic) bond motifs is 1. The summed E-state index contributed by atoms with van der Waals surface area (Å²) in [6.45, 7) is 6.33. The number of amides is 1. The lowest BCUT2D eigenvalue weighted by Crippen LogP contribution is -2.33. The van der Waals surface area contributed by atoms with Gasteiger partial charge in [0.15, 0.2) is 0 Å². The van der Waals surface area contributed by atoms with E-state index in [1.807, 2.05) is 4.90 Å². The van der Waals surface area contributed by atoms with E-state index in [0.717, 1.165) is 13.1 Å². The Bertz CT molecular complexity index is 415. The number of rotatable bonds is 1. The topological polar surface area (TPSA) is 46.1 Å². The Morgan fingerprint density at radius 2 is 2.06 bits per heavy atom. The molecule has 1 aromatic rings. The molecule has 0 N–H and O–H groups in total. The van der Waals surface area contributed by atoms with Gasteiger partial charge >= 0.3 is 0 Å². The highest BCUT2D eigenvalue weighted by molar-refractivity contribution is 5.92. The highest BCUT2D eigenvalue weighted by atomic mass is 16.2. The van der Waals surface area contributed by atoms with E-state index in [1.165, 1.54) is 6.20 Å². The van der Waals surface area contributed by atoms with Crippen molar-refractivity contribution in [3.05, 3.63) is 24.3 Å². The van der Waals surface area contributed by atoms with E-state index >= 15 is 0 Å². The first-order chi connectivity index (χ1) is 7.60. The molecule has 4 nitrogen and oxygen atoms in total. The minimum absolute atomic E-state index is 0.0242. The van der Waals surface area contributed by atoms with Gasteiger partial charge in [-0.25, -0.2) is 4.98 Å². The first kappa shape index (κ1) is 9.75. The lowest BCUT2D eigenvalue weighted by molar-refractivity contribution is 0.0751. The maximum atomic E-state index is 12.0. The number of aromatic nitrogens is 2. The van der Waals surface area contributed by atoms with Crippen LogP contribution in [0.25, 0.3) is 0 Å². The first-order valence-electron chi connectivity index (χ1n) is 5.66.